The number of hydrogen-bond acceptors (Lipinski definition) is 15. The number of carbonyl (C=O) groups is 4. The molecule has 5 aliphatic heterocycles. The van der Waals surface area contributed by atoms with E-state index < -0.39 is 118 Å². The smallest absolute Gasteiger partial charge is 0.335 e. The fourth-order valence-electron chi connectivity index (χ4n) is 12.1. The molecule has 3 saturated carbocycles. The molecule has 8 rings (SSSR count). The van der Waals surface area contributed by atoms with E-state index in [9.17, 15) is 29.4 Å². The Labute approximate surface area is 288 Å². The first-order chi connectivity index (χ1) is 23.6. The van der Waals surface area contributed by atoms with Crippen molar-refractivity contribution in [3.05, 3.63) is 24.0 Å². The summed E-state index contributed by atoms with van der Waals surface area (Å²) in [5, 5.41) is 24.8. The molecule has 5 unspecified atom stereocenters. The molecule has 3 aliphatic carbocycles. The fourth-order valence-corrected chi connectivity index (χ4v) is 12.1. The van der Waals surface area contributed by atoms with Gasteiger partial charge in [0.25, 0.3) is 0 Å². The van der Waals surface area contributed by atoms with Crippen molar-refractivity contribution in [2.75, 3.05) is 27.4 Å². The predicted molar refractivity (Wildman–Crippen MR) is 163 cm³/mol. The van der Waals surface area contributed by atoms with Crippen molar-refractivity contribution in [3.63, 3.8) is 0 Å². The predicted octanol–water partition coefficient (Wildman–Crippen LogP) is 0.477. The first-order valence-electron chi connectivity index (χ1n) is 17.1. The molecule has 0 aromatic rings. The molecule has 0 aromatic carbocycles. The van der Waals surface area contributed by atoms with Crippen LogP contribution in [0, 0.1) is 34.0 Å². The maximum atomic E-state index is 14.2. The fraction of sp³-hybridized carbons (Fsp3) is 0.771. The highest BCUT2D eigenvalue weighted by Gasteiger charge is 2.95. The second-order valence-corrected chi connectivity index (χ2v) is 15.6. The Bertz CT molecular complexity index is 1610. The van der Waals surface area contributed by atoms with Crippen molar-refractivity contribution in [3.8, 4) is 0 Å². The number of allylic oxidation sites excluding steroid dienone is 1. The summed E-state index contributed by atoms with van der Waals surface area (Å²) in [6.45, 7) is 7.60. The summed E-state index contributed by atoms with van der Waals surface area (Å²) in [5.74, 6) is -5.48. The molecule has 0 aromatic heterocycles. The third-order valence-electron chi connectivity index (χ3n) is 14.1. The van der Waals surface area contributed by atoms with Crippen LogP contribution in [-0.2, 0) is 61.8 Å². The molecule has 4 saturated heterocycles. The van der Waals surface area contributed by atoms with E-state index in [1.54, 1.807) is 32.9 Å². The first kappa shape index (κ1) is 34.0. The van der Waals surface area contributed by atoms with E-state index in [1.165, 1.54) is 27.4 Å². The topological polar surface area (TPSA) is 195 Å². The highest BCUT2D eigenvalue weighted by Crippen LogP contribution is 2.82. The summed E-state index contributed by atoms with van der Waals surface area (Å²) < 4.78 is 54.7. The molecule has 50 heavy (non-hydrogen) atoms. The highest BCUT2D eigenvalue weighted by atomic mass is 16.7. The molecule has 5 heterocycles. The summed E-state index contributed by atoms with van der Waals surface area (Å²) in [6.07, 6.45) is -3.32. The quantitative estimate of drug-likeness (QED) is 0.168. The monoisotopic (exact) mass is 704 g/mol. The van der Waals surface area contributed by atoms with Crippen LogP contribution in [0.25, 0.3) is 0 Å². The third kappa shape index (κ3) is 3.56. The number of rotatable bonds is 6. The van der Waals surface area contributed by atoms with E-state index in [-0.39, 0.29) is 19.6 Å². The molecule has 274 valence electrons. The van der Waals surface area contributed by atoms with Crippen LogP contribution in [0.2, 0.25) is 0 Å². The largest absolute Gasteiger partial charge is 0.469 e. The normalized spacial score (nSPS) is 53.3. The van der Waals surface area contributed by atoms with Crippen molar-refractivity contribution in [1.29, 1.82) is 0 Å². The van der Waals surface area contributed by atoms with E-state index in [0.29, 0.717) is 12.0 Å². The van der Waals surface area contributed by atoms with Gasteiger partial charge in [0, 0.05) is 47.5 Å². The van der Waals surface area contributed by atoms with E-state index in [0.717, 1.165) is 0 Å². The Morgan fingerprint density at radius 3 is 2.36 bits per heavy atom. The number of epoxide rings is 1. The Kier molecular flexibility index (Phi) is 7.15. The van der Waals surface area contributed by atoms with Crippen LogP contribution >= 0.6 is 0 Å². The average Bonchev–Trinajstić information content (AvgIpc) is 3.52. The Morgan fingerprint density at radius 1 is 0.960 bits per heavy atom. The number of esters is 4. The Hall–Kier alpha value is -3.08. The van der Waals surface area contributed by atoms with Crippen molar-refractivity contribution in [1.82, 2.24) is 0 Å². The number of methoxy groups -OCH3 is 2. The summed E-state index contributed by atoms with van der Waals surface area (Å²) in [4.78, 5) is 54.3. The van der Waals surface area contributed by atoms with Crippen LogP contribution in [0.15, 0.2) is 24.0 Å². The standard InChI is InChI=1S/C35H44O15/c1-8-15(2)26(38)48-18-12-19(47-16(3)36)33(28(40)43-7)14-45-21-24(33)32(18)13-46-22(27(39)42-6)23(32)30(4,25(21)37)35-20-11-17(31(35,5)50-35)34(41)9-10-44-29(34)49-20/h8-10,17-25,29,37,41H,11-14H2,1-7H3/b15-8+/t17?,18-,19+,20+,21+,22-,23-,24?,25+,29-,30-,31?,32+,33-,34?,35?/m0/s1. The SMILES string of the molecule is C/C=C(\C)C(=O)O[C@H]1C[C@@H](OC(C)=O)[C@@]2(C(=O)OC)CO[C@@H]3C2[C@]12CO[C@H](C(=O)OC)[C@H]2[C@](C)(C12OC1(C)C1C[C@H]2O[C@@H]2OC=CC12O)[C@@H]3O. The van der Waals surface area contributed by atoms with Gasteiger partial charge in [-0.05, 0) is 33.3 Å². The molecule has 2 N–H and O–H groups in total. The molecule has 1 spiro atoms. The number of fused-ring (bicyclic) bond motifs is 7. The minimum atomic E-state index is -1.68. The van der Waals surface area contributed by atoms with Gasteiger partial charge in [-0.25, -0.2) is 9.59 Å². The van der Waals surface area contributed by atoms with Crippen molar-refractivity contribution < 1.29 is 72.0 Å². The number of aliphatic hydroxyl groups excluding tert-OH is 1. The molecule has 7 fully saturated rings. The summed E-state index contributed by atoms with van der Waals surface area (Å²) in [7, 11) is 2.43. The molecule has 0 radical (unpaired) electrons. The number of carbonyl (C=O) groups excluding carboxylic acids is 4. The van der Waals surface area contributed by atoms with E-state index in [4.69, 9.17) is 42.6 Å². The van der Waals surface area contributed by atoms with Gasteiger partial charge in [0.1, 0.15) is 28.8 Å². The van der Waals surface area contributed by atoms with Gasteiger partial charge in [0.2, 0.25) is 6.29 Å². The summed E-state index contributed by atoms with van der Waals surface area (Å²) in [6, 6.07) is 0. The van der Waals surface area contributed by atoms with Crippen LogP contribution in [0.1, 0.15) is 47.5 Å². The molecule has 0 amide bonds. The zero-order valence-corrected chi connectivity index (χ0v) is 29.0. The second kappa shape index (κ2) is 10.5. The van der Waals surface area contributed by atoms with E-state index >= 15 is 0 Å². The van der Waals surface area contributed by atoms with Gasteiger partial charge < -0.3 is 52.8 Å². The zero-order chi connectivity index (χ0) is 36.0. The van der Waals surface area contributed by atoms with E-state index in [2.05, 4.69) is 0 Å². The molecule has 15 nitrogen and oxygen atoms in total. The zero-order valence-electron chi connectivity index (χ0n) is 29.0. The van der Waals surface area contributed by atoms with Gasteiger partial charge in [-0.1, -0.05) is 13.0 Å². The number of ether oxygens (including phenoxy) is 9. The minimum Gasteiger partial charge on any atom is -0.469 e. The molecule has 8 aliphatic rings. The van der Waals surface area contributed by atoms with Crippen LogP contribution in [-0.4, -0.2) is 121 Å². The third-order valence-corrected chi connectivity index (χ3v) is 14.1. The second-order valence-electron chi connectivity index (χ2n) is 15.6. The molecular formula is C35H44O15. The maximum absolute atomic E-state index is 14.2. The number of hydrogen-bond donors (Lipinski definition) is 2. The first-order valence-corrected chi connectivity index (χ1v) is 17.1. The van der Waals surface area contributed by atoms with Crippen LogP contribution in [0.4, 0.5) is 0 Å². The lowest BCUT2D eigenvalue weighted by Crippen LogP contribution is -2.77. The Balaban J connectivity index is 1.37. The van der Waals surface area contributed by atoms with Gasteiger partial charge in [0.15, 0.2) is 11.7 Å². The summed E-state index contributed by atoms with van der Waals surface area (Å²) >= 11 is 0. The summed E-state index contributed by atoms with van der Waals surface area (Å²) in [5.41, 5.74) is -8.31. The van der Waals surface area contributed by atoms with Crippen molar-refractivity contribution in [2.45, 2.75) is 107 Å². The van der Waals surface area contributed by atoms with Gasteiger partial charge >= 0.3 is 23.9 Å². The lowest BCUT2D eigenvalue weighted by Gasteiger charge is -2.65. The maximum Gasteiger partial charge on any atom is 0.335 e. The molecule has 2 bridgehead atoms. The van der Waals surface area contributed by atoms with Gasteiger partial charge in [-0.3, -0.25) is 9.59 Å². The lowest BCUT2D eigenvalue weighted by molar-refractivity contribution is -0.296. The van der Waals surface area contributed by atoms with Crippen LogP contribution in [0.5, 0.6) is 0 Å². The van der Waals surface area contributed by atoms with E-state index in [1.807, 2.05) is 6.92 Å². The van der Waals surface area contributed by atoms with Crippen molar-refractivity contribution >= 4 is 23.9 Å². The average molecular weight is 705 g/mol. The van der Waals surface area contributed by atoms with Gasteiger partial charge in [-0.2, -0.15) is 0 Å². The number of aliphatic hydroxyl groups is 2. The lowest BCUT2D eigenvalue weighted by atomic mass is 9.38. The minimum absolute atomic E-state index is 0.169. The van der Waals surface area contributed by atoms with Crippen LogP contribution < -0.4 is 0 Å². The molecule has 15 heteroatoms. The Morgan fingerprint density at radius 2 is 1.70 bits per heavy atom. The molecular weight excluding hydrogens is 660 g/mol. The van der Waals surface area contributed by atoms with Crippen molar-refractivity contribution in [2.24, 2.45) is 34.0 Å². The van der Waals surface area contributed by atoms with Gasteiger partial charge in [0.05, 0.1) is 52.0 Å². The highest BCUT2D eigenvalue weighted by molar-refractivity contribution is 5.88. The van der Waals surface area contributed by atoms with Gasteiger partial charge in [-0.15, -0.1) is 0 Å². The molecule has 16 atom stereocenters. The van der Waals surface area contributed by atoms with Crippen LogP contribution in [0.3, 0.4) is 0 Å².